The number of aryl methyl sites for hydroxylation is 2. The first-order valence-electron chi connectivity index (χ1n) is 26.4. The lowest BCUT2D eigenvalue weighted by molar-refractivity contribution is -0.831. The van der Waals surface area contributed by atoms with Crippen molar-refractivity contribution in [2.75, 3.05) is 12.3 Å². The van der Waals surface area contributed by atoms with Gasteiger partial charge >= 0.3 is 6.03 Å². The van der Waals surface area contributed by atoms with Gasteiger partial charge in [-0.2, -0.15) is 0 Å². The number of para-hydroxylation sites is 2. The van der Waals surface area contributed by atoms with E-state index in [-0.39, 0.29) is 10.8 Å². The van der Waals surface area contributed by atoms with E-state index in [0.29, 0.717) is 0 Å². The Kier molecular flexibility index (Phi) is 14.6. The van der Waals surface area contributed by atoms with Gasteiger partial charge in [-0.1, -0.05) is 199 Å². The van der Waals surface area contributed by atoms with Crippen LogP contribution in [0.3, 0.4) is 0 Å². The van der Waals surface area contributed by atoms with E-state index < -0.39 is 21.9 Å². The Hall–Kier alpha value is -5.66. The summed E-state index contributed by atoms with van der Waals surface area (Å²) >= 11 is 0. The summed E-state index contributed by atoms with van der Waals surface area (Å²) in [5, 5.41) is 5.81. The van der Waals surface area contributed by atoms with E-state index in [1.54, 1.807) is 0 Å². The molecule has 0 radical (unpaired) electrons. The fraction of sp³-hybridized carbons (Fsp3) is 0.323. The first kappa shape index (κ1) is 48.9. The predicted molar refractivity (Wildman–Crippen MR) is 303 cm³/mol. The molecule has 0 saturated carbocycles. The molecule has 6 heteroatoms. The summed E-state index contributed by atoms with van der Waals surface area (Å²) in [5.41, 5.74) is 9.50. The Morgan fingerprint density at radius 3 is 1.10 bits per heavy atom. The molecule has 1 spiro atoms. The van der Waals surface area contributed by atoms with Gasteiger partial charge in [0.25, 0.3) is 11.4 Å². The van der Waals surface area contributed by atoms with Gasteiger partial charge in [0, 0.05) is 12.1 Å². The maximum atomic E-state index is 7.44. The lowest BCUT2D eigenvalue weighted by atomic mass is 9.73. The van der Waals surface area contributed by atoms with Crippen LogP contribution in [0.5, 0.6) is 11.5 Å². The van der Waals surface area contributed by atoms with Crippen LogP contribution >= 0.6 is 15.8 Å². The van der Waals surface area contributed by atoms with E-state index in [0.717, 1.165) is 83.1 Å². The first-order chi connectivity index (χ1) is 34.6. The molecular formula is C65H72N2O2P2+2. The molecule has 0 aliphatic carbocycles. The highest BCUT2D eigenvalue weighted by atomic mass is 31.1. The van der Waals surface area contributed by atoms with Gasteiger partial charge in [0.15, 0.2) is 23.9 Å². The summed E-state index contributed by atoms with van der Waals surface area (Å²) in [4.78, 5) is 0. The molecule has 0 aromatic heterocycles. The van der Waals surface area contributed by atoms with Crippen LogP contribution in [0.4, 0.5) is 11.4 Å². The fourth-order valence-corrected chi connectivity index (χ4v) is 16.3. The van der Waals surface area contributed by atoms with Crippen LogP contribution in [0.1, 0.15) is 125 Å². The Morgan fingerprint density at radius 2 is 0.761 bits per heavy atom. The van der Waals surface area contributed by atoms with Gasteiger partial charge in [-0.25, -0.2) is 0 Å². The molecule has 1 unspecified atom stereocenters. The molecule has 4 nitrogen and oxygen atoms in total. The molecule has 0 amide bonds. The van der Waals surface area contributed by atoms with Crippen molar-refractivity contribution in [3.8, 4) is 11.5 Å². The SMILES string of the molecule is CCCCC(C)(CCCC)c1cc(C)c2c(c1)C=[N+]1c3ccccc3[N+]3=Cc4cc(C(C)(CCCP(c5ccccc5)c5ccccc5)CCCP(c5ccccc5)c5ccccc5)cc(C)c4OC13O2. The molecule has 71 heavy (non-hydrogen) atoms. The number of hydrogen-bond acceptors (Lipinski definition) is 2. The molecule has 1 atom stereocenters. The summed E-state index contributed by atoms with van der Waals surface area (Å²) in [7, 11) is -0.991. The lowest BCUT2D eigenvalue weighted by Crippen LogP contribution is -2.59. The predicted octanol–water partition coefficient (Wildman–Crippen LogP) is 15.0. The molecular weight excluding hydrogens is 903 g/mol. The number of hydrogen-bond donors (Lipinski definition) is 0. The molecule has 3 heterocycles. The fourth-order valence-electron chi connectivity index (χ4n) is 11.6. The van der Waals surface area contributed by atoms with Crippen molar-refractivity contribution in [1.29, 1.82) is 0 Å². The van der Waals surface area contributed by atoms with E-state index in [9.17, 15) is 0 Å². The average molecular weight is 975 g/mol. The zero-order valence-electron chi connectivity index (χ0n) is 42.9. The number of nitrogens with zero attached hydrogens (tertiary/aromatic N) is 2. The monoisotopic (exact) mass is 975 g/mol. The third-order valence-electron chi connectivity index (χ3n) is 15.7. The van der Waals surface area contributed by atoms with Crippen LogP contribution in [0, 0.1) is 13.8 Å². The molecule has 3 aliphatic rings. The molecule has 7 aromatic carbocycles. The Morgan fingerprint density at radius 1 is 0.437 bits per heavy atom. The molecule has 362 valence electrons. The Bertz CT molecular complexity index is 2850. The highest BCUT2D eigenvalue weighted by Gasteiger charge is 2.72. The lowest BCUT2D eigenvalue weighted by Gasteiger charge is -2.34. The molecule has 0 bridgehead atoms. The van der Waals surface area contributed by atoms with E-state index in [1.807, 2.05) is 0 Å². The van der Waals surface area contributed by atoms with Crippen LogP contribution in [-0.4, -0.2) is 39.9 Å². The average Bonchev–Trinajstić information content (AvgIpc) is 3.68. The molecule has 0 N–H and O–H groups in total. The smallest absolute Gasteiger partial charge is 0.340 e. The van der Waals surface area contributed by atoms with Gasteiger partial charge in [0.05, 0.1) is 11.1 Å². The number of unbranched alkanes of at least 4 members (excludes halogenated alkanes) is 2. The third-order valence-corrected chi connectivity index (χ3v) is 20.9. The quantitative estimate of drug-likeness (QED) is 0.0562. The van der Waals surface area contributed by atoms with Crippen molar-refractivity contribution >= 4 is 60.9 Å². The van der Waals surface area contributed by atoms with E-state index >= 15 is 0 Å². The van der Waals surface area contributed by atoms with Crippen molar-refractivity contribution < 1.29 is 18.6 Å². The Labute approximate surface area is 427 Å². The van der Waals surface area contributed by atoms with Crippen molar-refractivity contribution in [2.24, 2.45) is 0 Å². The zero-order chi connectivity index (χ0) is 49.0. The minimum absolute atomic E-state index is 0.0773. The largest absolute Gasteiger partial charge is 0.715 e. The number of benzene rings is 7. The summed E-state index contributed by atoms with van der Waals surface area (Å²) in [6, 6.07) is 62.1. The second-order valence-electron chi connectivity index (χ2n) is 20.8. The number of fused-ring (bicyclic) bond motifs is 5. The standard InChI is InChI=1S/C65H72N2O2P2/c1-7-9-37-63(5,38-10-8-2)53-43-49(3)61-51(45-53)47-66-59-35-23-24-36-60(59)67-48-52-46-54(44-50(4)62(52)69-65(66,67)68-61)64(6,39-25-41-70(55-27-15-11-16-28-55)56-29-17-12-18-30-56)40-26-42-71(57-31-19-13-20-32-57)58-33-21-14-22-34-58/h11-24,27-36,43-48H,7-10,25-26,37-42H2,1-6H3/q+2. The summed E-state index contributed by atoms with van der Waals surface area (Å²) in [6.07, 6.45) is 18.6. The number of ether oxygens (including phenoxy) is 2. The normalized spacial score (nSPS) is 15.7. The second-order valence-corrected chi connectivity index (χ2v) is 25.5. The van der Waals surface area contributed by atoms with Crippen LogP contribution in [0.2, 0.25) is 0 Å². The van der Waals surface area contributed by atoms with Crippen molar-refractivity contribution in [3.05, 3.63) is 203 Å². The molecule has 10 rings (SSSR count). The highest BCUT2D eigenvalue weighted by Crippen LogP contribution is 2.52. The molecule has 0 fully saturated rings. The molecule has 7 aromatic rings. The van der Waals surface area contributed by atoms with Crippen LogP contribution < -0.4 is 30.7 Å². The van der Waals surface area contributed by atoms with Crippen molar-refractivity contribution in [3.63, 3.8) is 0 Å². The zero-order valence-corrected chi connectivity index (χ0v) is 44.7. The van der Waals surface area contributed by atoms with Crippen LogP contribution in [0.15, 0.2) is 170 Å². The maximum Gasteiger partial charge on any atom is 0.715 e. The van der Waals surface area contributed by atoms with E-state index in [4.69, 9.17) is 9.47 Å². The van der Waals surface area contributed by atoms with Gasteiger partial charge in [0.2, 0.25) is 0 Å². The molecule has 0 saturated heterocycles. The second kappa shape index (κ2) is 21.2. The third kappa shape index (κ3) is 9.85. The van der Waals surface area contributed by atoms with Gasteiger partial charge < -0.3 is 9.47 Å². The Balaban J connectivity index is 1.01. The topological polar surface area (TPSA) is 24.5 Å². The number of rotatable bonds is 20. The summed E-state index contributed by atoms with van der Waals surface area (Å²) in [6.45, 7) is 14.1. The highest BCUT2D eigenvalue weighted by molar-refractivity contribution is 7.73. The maximum absolute atomic E-state index is 7.44. The van der Waals surface area contributed by atoms with Crippen molar-refractivity contribution in [2.45, 2.75) is 123 Å². The van der Waals surface area contributed by atoms with Gasteiger partial charge in [-0.3, -0.25) is 0 Å². The summed E-state index contributed by atoms with van der Waals surface area (Å²) < 4.78 is 19.3. The summed E-state index contributed by atoms with van der Waals surface area (Å²) in [5.74, 6) is 1.78. The minimum atomic E-state index is -1.22. The molecule has 3 aliphatic heterocycles. The minimum Gasteiger partial charge on any atom is -0.340 e. The first-order valence-corrected chi connectivity index (χ1v) is 29.5. The van der Waals surface area contributed by atoms with Crippen LogP contribution in [0.25, 0.3) is 0 Å². The van der Waals surface area contributed by atoms with E-state index in [1.165, 1.54) is 70.9 Å². The van der Waals surface area contributed by atoms with Gasteiger partial charge in [-0.05, 0) is 156 Å². The van der Waals surface area contributed by atoms with Gasteiger partial charge in [0.1, 0.15) is 0 Å². The van der Waals surface area contributed by atoms with Gasteiger partial charge in [-0.15, -0.1) is 0 Å². The van der Waals surface area contributed by atoms with E-state index in [2.05, 4.69) is 233 Å². The van der Waals surface area contributed by atoms with Crippen LogP contribution in [-0.2, 0) is 10.8 Å². The van der Waals surface area contributed by atoms with Crippen molar-refractivity contribution in [1.82, 2.24) is 0 Å².